The molecule has 0 saturated heterocycles. The van der Waals surface area contributed by atoms with Gasteiger partial charge in [0.15, 0.2) is 11.5 Å². The summed E-state index contributed by atoms with van der Waals surface area (Å²) in [5.74, 6) is 1.51. The lowest BCUT2D eigenvalue weighted by Gasteiger charge is -2.19. The number of hydrogen-bond acceptors (Lipinski definition) is 4. The van der Waals surface area contributed by atoms with E-state index in [1.165, 1.54) is 11.1 Å². The number of fused-ring (bicyclic) bond motifs is 2. The van der Waals surface area contributed by atoms with Crippen LogP contribution in [0.2, 0.25) is 0 Å². The number of carbonyl (C=O) groups is 1. The first-order valence-corrected chi connectivity index (χ1v) is 8.91. The number of rotatable bonds is 3. The molecule has 5 rings (SSSR count). The van der Waals surface area contributed by atoms with Crippen molar-refractivity contribution in [2.45, 2.75) is 31.6 Å². The zero-order chi connectivity index (χ0) is 17.7. The van der Waals surface area contributed by atoms with Crippen LogP contribution in [0.15, 0.2) is 48.2 Å². The maximum atomic E-state index is 13.0. The lowest BCUT2D eigenvalue weighted by Crippen LogP contribution is -2.27. The molecule has 1 saturated carbocycles. The molecule has 26 heavy (non-hydrogen) atoms. The Morgan fingerprint density at radius 1 is 1.12 bits per heavy atom. The summed E-state index contributed by atoms with van der Waals surface area (Å²) in [7, 11) is 0. The Bertz CT molecular complexity index is 944. The van der Waals surface area contributed by atoms with Crippen LogP contribution in [0, 0.1) is 0 Å². The monoisotopic (exact) mass is 348 g/mol. The highest BCUT2D eigenvalue weighted by Gasteiger charge is 2.51. The fourth-order valence-corrected chi connectivity index (χ4v) is 3.71. The van der Waals surface area contributed by atoms with Gasteiger partial charge in [0.05, 0.1) is 5.41 Å². The van der Waals surface area contributed by atoms with Crippen LogP contribution in [0.5, 0.6) is 11.5 Å². The number of allylic oxidation sites excluding steroid dienone is 1. The molecule has 0 radical (unpaired) electrons. The van der Waals surface area contributed by atoms with Crippen molar-refractivity contribution in [1.82, 2.24) is 0 Å². The molecule has 0 spiro atoms. The topological polar surface area (TPSA) is 59.6 Å². The Morgan fingerprint density at radius 3 is 2.81 bits per heavy atom. The summed E-state index contributed by atoms with van der Waals surface area (Å²) >= 11 is 0. The fraction of sp³-hybridized carbons (Fsp3) is 0.286. The third-order valence-electron chi connectivity index (χ3n) is 5.42. The number of anilines is 2. The summed E-state index contributed by atoms with van der Waals surface area (Å²) in [6.45, 7) is 2.35. The van der Waals surface area contributed by atoms with Gasteiger partial charge in [-0.25, -0.2) is 0 Å². The summed E-state index contributed by atoms with van der Waals surface area (Å²) < 4.78 is 10.8. The van der Waals surface area contributed by atoms with Crippen molar-refractivity contribution >= 4 is 17.3 Å². The van der Waals surface area contributed by atoms with Gasteiger partial charge in [-0.1, -0.05) is 17.7 Å². The number of carbonyl (C=O) groups excluding carboxylic acids is 1. The zero-order valence-electron chi connectivity index (χ0n) is 14.6. The molecular weight excluding hydrogens is 328 g/mol. The van der Waals surface area contributed by atoms with Gasteiger partial charge in [0.25, 0.3) is 0 Å². The minimum Gasteiger partial charge on any atom is -0.454 e. The zero-order valence-corrected chi connectivity index (χ0v) is 14.6. The van der Waals surface area contributed by atoms with E-state index in [9.17, 15) is 4.79 Å². The summed E-state index contributed by atoms with van der Waals surface area (Å²) in [5, 5.41) is 6.40. The average Bonchev–Trinajstić information content (AvgIpc) is 3.33. The second-order valence-corrected chi connectivity index (χ2v) is 7.29. The van der Waals surface area contributed by atoms with E-state index in [1.807, 2.05) is 36.5 Å². The van der Waals surface area contributed by atoms with Crippen molar-refractivity contribution in [2.75, 3.05) is 17.4 Å². The molecule has 5 heteroatoms. The van der Waals surface area contributed by atoms with Crippen LogP contribution in [0.25, 0.3) is 0 Å². The highest BCUT2D eigenvalue weighted by molar-refractivity contribution is 6.01. The van der Waals surface area contributed by atoms with E-state index in [0.717, 1.165) is 47.7 Å². The first kappa shape index (κ1) is 15.3. The maximum Gasteiger partial charge on any atom is 0.235 e. The third-order valence-corrected chi connectivity index (χ3v) is 5.42. The smallest absolute Gasteiger partial charge is 0.235 e. The Kier molecular flexibility index (Phi) is 3.26. The second-order valence-electron chi connectivity index (χ2n) is 7.29. The quantitative estimate of drug-likeness (QED) is 0.881. The Balaban J connectivity index is 1.38. The average molecular weight is 348 g/mol. The van der Waals surface area contributed by atoms with Crippen molar-refractivity contribution in [2.24, 2.45) is 0 Å². The number of hydrogen-bond donors (Lipinski definition) is 2. The van der Waals surface area contributed by atoms with Gasteiger partial charge >= 0.3 is 0 Å². The van der Waals surface area contributed by atoms with Crippen LogP contribution in [-0.2, 0) is 16.6 Å². The third kappa shape index (κ3) is 2.43. The standard InChI is InChI=1S/C21H20N2O3/c1-13-8-14-2-4-16(10-17(14)22-11-13)23-20(24)21(6-7-21)15-3-5-18-19(9-15)26-12-25-18/h2-5,9-11,22H,6-8,12H2,1H3,(H,23,24). The van der Waals surface area contributed by atoms with E-state index in [0.29, 0.717) is 0 Å². The largest absolute Gasteiger partial charge is 0.454 e. The Labute approximate surface area is 152 Å². The second kappa shape index (κ2) is 5.53. The number of ether oxygens (including phenoxy) is 2. The number of nitrogens with one attached hydrogen (secondary N) is 2. The normalized spacial score (nSPS) is 18.4. The van der Waals surface area contributed by atoms with Gasteiger partial charge in [0.1, 0.15) is 0 Å². The summed E-state index contributed by atoms with van der Waals surface area (Å²) in [4.78, 5) is 13.0. The number of amides is 1. The Morgan fingerprint density at radius 2 is 1.96 bits per heavy atom. The summed E-state index contributed by atoms with van der Waals surface area (Å²) in [6.07, 6.45) is 4.66. The first-order valence-electron chi connectivity index (χ1n) is 8.91. The van der Waals surface area contributed by atoms with Crippen LogP contribution in [-0.4, -0.2) is 12.7 Å². The molecule has 3 aliphatic rings. The molecule has 0 atom stereocenters. The molecule has 2 aromatic rings. The molecule has 1 amide bonds. The SMILES string of the molecule is CC1=CNc2cc(NC(=O)C3(c4ccc5c(c4)OCO5)CC3)ccc2C1. The van der Waals surface area contributed by atoms with E-state index in [4.69, 9.17) is 9.47 Å². The molecule has 1 fully saturated rings. The minimum atomic E-state index is -0.458. The van der Waals surface area contributed by atoms with Gasteiger partial charge in [0.2, 0.25) is 12.7 Å². The van der Waals surface area contributed by atoms with E-state index < -0.39 is 5.41 Å². The van der Waals surface area contributed by atoms with Gasteiger partial charge in [-0.05, 0) is 61.6 Å². The molecular formula is C21H20N2O3. The van der Waals surface area contributed by atoms with Crippen LogP contribution in [0.4, 0.5) is 11.4 Å². The highest BCUT2D eigenvalue weighted by Crippen LogP contribution is 2.51. The van der Waals surface area contributed by atoms with Gasteiger partial charge in [-0.2, -0.15) is 0 Å². The lowest BCUT2D eigenvalue weighted by molar-refractivity contribution is -0.118. The van der Waals surface area contributed by atoms with E-state index in [1.54, 1.807) is 0 Å². The van der Waals surface area contributed by atoms with Crippen LogP contribution in [0.3, 0.4) is 0 Å². The van der Waals surface area contributed by atoms with Gasteiger partial charge < -0.3 is 20.1 Å². The highest BCUT2D eigenvalue weighted by atomic mass is 16.7. The van der Waals surface area contributed by atoms with Crippen LogP contribution >= 0.6 is 0 Å². The van der Waals surface area contributed by atoms with Crippen molar-refractivity contribution < 1.29 is 14.3 Å². The minimum absolute atomic E-state index is 0.0406. The lowest BCUT2D eigenvalue weighted by atomic mass is 9.94. The molecule has 1 aliphatic carbocycles. The van der Waals surface area contributed by atoms with Gasteiger partial charge in [0, 0.05) is 17.6 Å². The van der Waals surface area contributed by atoms with E-state index in [-0.39, 0.29) is 12.7 Å². The van der Waals surface area contributed by atoms with Crippen LogP contribution < -0.4 is 20.1 Å². The van der Waals surface area contributed by atoms with Crippen molar-refractivity contribution in [3.8, 4) is 11.5 Å². The molecule has 2 heterocycles. The molecule has 2 aromatic carbocycles. The molecule has 0 bridgehead atoms. The van der Waals surface area contributed by atoms with E-state index in [2.05, 4.69) is 23.6 Å². The van der Waals surface area contributed by atoms with E-state index >= 15 is 0 Å². The fourth-order valence-electron chi connectivity index (χ4n) is 3.71. The van der Waals surface area contributed by atoms with Crippen molar-refractivity contribution in [3.63, 3.8) is 0 Å². The Hall–Kier alpha value is -2.95. The first-order chi connectivity index (χ1) is 12.6. The molecule has 0 aromatic heterocycles. The molecule has 2 N–H and O–H groups in total. The summed E-state index contributed by atoms with van der Waals surface area (Å²) in [5.41, 5.74) is 4.96. The molecule has 0 unspecified atom stereocenters. The molecule has 132 valence electrons. The molecule has 5 nitrogen and oxygen atoms in total. The maximum absolute atomic E-state index is 13.0. The predicted octanol–water partition coefficient (Wildman–Crippen LogP) is 3.96. The summed E-state index contributed by atoms with van der Waals surface area (Å²) in [6, 6.07) is 11.9. The van der Waals surface area contributed by atoms with Gasteiger partial charge in [-0.3, -0.25) is 4.79 Å². The van der Waals surface area contributed by atoms with Crippen molar-refractivity contribution in [3.05, 3.63) is 59.3 Å². The van der Waals surface area contributed by atoms with Gasteiger partial charge in [-0.15, -0.1) is 0 Å². The number of benzene rings is 2. The molecule has 2 aliphatic heterocycles. The predicted molar refractivity (Wildman–Crippen MR) is 99.6 cm³/mol. The van der Waals surface area contributed by atoms with Crippen LogP contribution in [0.1, 0.15) is 30.9 Å². The van der Waals surface area contributed by atoms with Crippen molar-refractivity contribution in [1.29, 1.82) is 0 Å².